The third kappa shape index (κ3) is 4.34. The van der Waals surface area contributed by atoms with Gasteiger partial charge in [-0.2, -0.15) is 13.2 Å². The fraction of sp³-hybridized carbons (Fsp3) is 0.0833. The summed E-state index contributed by atoms with van der Waals surface area (Å²) in [7, 11) is 0. The minimum Gasteiger partial charge on any atom is -0.475 e. The molecule has 0 spiro atoms. The summed E-state index contributed by atoms with van der Waals surface area (Å²) in [5.41, 5.74) is 5.11. The summed E-state index contributed by atoms with van der Waals surface area (Å²) in [4.78, 5) is 31.1. The third-order valence-corrected chi connectivity index (χ3v) is 2.12. The number of amides is 1. The topological polar surface area (TPSA) is 111 Å². The van der Waals surface area contributed by atoms with E-state index in [0.29, 0.717) is 11.0 Å². The average molecular weight is 303 g/mol. The second-order valence-corrected chi connectivity index (χ2v) is 3.64. The number of nitrogens with two attached hydrogens (primary N) is 1. The molecule has 0 fully saturated rings. The van der Waals surface area contributed by atoms with E-state index in [2.05, 4.69) is 0 Å². The lowest BCUT2D eigenvalue weighted by molar-refractivity contribution is -0.192. The van der Waals surface area contributed by atoms with Crippen LogP contribution in [-0.2, 0) is 4.79 Å². The van der Waals surface area contributed by atoms with Gasteiger partial charge in [0.1, 0.15) is 5.58 Å². The van der Waals surface area contributed by atoms with E-state index in [9.17, 15) is 22.8 Å². The van der Waals surface area contributed by atoms with Crippen molar-refractivity contribution in [3.63, 3.8) is 0 Å². The number of halogens is 3. The van der Waals surface area contributed by atoms with Gasteiger partial charge in [-0.05, 0) is 12.1 Å². The SMILES string of the molecule is NC(=O)c1cc(=O)c2ccccc2o1.O=C(O)C(F)(F)F. The number of hydrogen-bond donors (Lipinski definition) is 2. The minimum absolute atomic E-state index is 0.117. The molecule has 2 aromatic rings. The van der Waals surface area contributed by atoms with Crippen molar-refractivity contribution in [2.45, 2.75) is 6.18 Å². The van der Waals surface area contributed by atoms with Crippen molar-refractivity contribution < 1.29 is 32.3 Å². The highest BCUT2D eigenvalue weighted by molar-refractivity contribution is 5.91. The first kappa shape index (κ1) is 16.2. The van der Waals surface area contributed by atoms with Crippen molar-refractivity contribution in [2.75, 3.05) is 0 Å². The second kappa shape index (κ2) is 6.07. The van der Waals surface area contributed by atoms with Gasteiger partial charge in [0.05, 0.1) is 5.39 Å². The summed E-state index contributed by atoms with van der Waals surface area (Å²) in [6.07, 6.45) is -5.08. The first-order valence-corrected chi connectivity index (χ1v) is 5.25. The van der Waals surface area contributed by atoms with E-state index in [-0.39, 0.29) is 11.2 Å². The van der Waals surface area contributed by atoms with Gasteiger partial charge in [0, 0.05) is 6.07 Å². The number of aliphatic carboxylic acids is 1. The summed E-state index contributed by atoms with van der Waals surface area (Å²) in [5.74, 6) is -3.62. The standard InChI is InChI=1S/C10H7NO3.C2HF3O2/c11-10(13)9-5-7(12)6-3-1-2-4-8(6)14-9;3-2(4,5)1(6)7/h1-5H,(H2,11,13);(H,6,7). The predicted molar refractivity (Wildman–Crippen MR) is 64.7 cm³/mol. The smallest absolute Gasteiger partial charge is 0.475 e. The Balaban J connectivity index is 0.000000270. The highest BCUT2D eigenvalue weighted by atomic mass is 19.4. The van der Waals surface area contributed by atoms with Crippen LogP contribution >= 0.6 is 0 Å². The van der Waals surface area contributed by atoms with Crippen LogP contribution in [0.2, 0.25) is 0 Å². The Morgan fingerprint density at radius 1 is 1.19 bits per heavy atom. The number of carbonyl (C=O) groups is 2. The van der Waals surface area contributed by atoms with Crippen LogP contribution in [0, 0.1) is 0 Å². The Kier molecular flexibility index (Phi) is 4.69. The molecule has 0 saturated heterocycles. The van der Waals surface area contributed by atoms with Gasteiger partial charge in [-0.3, -0.25) is 9.59 Å². The van der Waals surface area contributed by atoms with Crippen molar-refractivity contribution in [2.24, 2.45) is 5.73 Å². The Morgan fingerprint density at radius 2 is 1.71 bits per heavy atom. The minimum atomic E-state index is -5.08. The van der Waals surface area contributed by atoms with Crippen LogP contribution in [0.4, 0.5) is 13.2 Å². The van der Waals surface area contributed by atoms with Gasteiger partial charge in [-0.15, -0.1) is 0 Å². The molecule has 0 aliphatic rings. The molecule has 1 amide bonds. The maximum absolute atomic E-state index is 11.4. The number of primary amides is 1. The zero-order valence-corrected chi connectivity index (χ0v) is 10.2. The molecule has 1 heterocycles. The molecule has 0 bridgehead atoms. The molecular formula is C12H8F3NO5. The van der Waals surface area contributed by atoms with Gasteiger partial charge in [0.15, 0.2) is 11.2 Å². The zero-order chi connectivity index (χ0) is 16.2. The van der Waals surface area contributed by atoms with Gasteiger partial charge >= 0.3 is 12.1 Å². The van der Waals surface area contributed by atoms with E-state index in [1.165, 1.54) is 0 Å². The van der Waals surface area contributed by atoms with Crippen LogP contribution < -0.4 is 11.2 Å². The van der Waals surface area contributed by atoms with E-state index in [1.807, 2.05) is 0 Å². The van der Waals surface area contributed by atoms with Crippen molar-refractivity contribution in [3.05, 3.63) is 46.3 Å². The van der Waals surface area contributed by atoms with Gasteiger partial charge < -0.3 is 15.3 Å². The van der Waals surface area contributed by atoms with Crippen LogP contribution in [0.5, 0.6) is 0 Å². The number of alkyl halides is 3. The predicted octanol–water partition coefficient (Wildman–Crippen LogP) is 1.53. The molecule has 6 nitrogen and oxygen atoms in total. The van der Waals surface area contributed by atoms with E-state index < -0.39 is 18.1 Å². The Hall–Kier alpha value is -2.84. The van der Waals surface area contributed by atoms with Crippen LogP contribution in [0.15, 0.2) is 39.5 Å². The lowest BCUT2D eigenvalue weighted by Crippen LogP contribution is -2.21. The molecule has 21 heavy (non-hydrogen) atoms. The van der Waals surface area contributed by atoms with Gasteiger partial charge in [-0.25, -0.2) is 4.79 Å². The highest BCUT2D eigenvalue weighted by Gasteiger charge is 2.38. The lowest BCUT2D eigenvalue weighted by atomic mass is 10.2. The Labute approximate surface area is 114 Å². The Morgan fingerprint density at radius 3 is 2.19 bits per heavy atom. The molecule has 9 heteroatoms. The van der Waals surface area contributed by atoms with Crippen LogP contribution in [-0.4, -0.2) is 23.2 Å². The molecule has 3 N–H and O–H groups in total. The number of carboxylic acid groups (broad SMARTS) is 1. The number of hydrogen-bond acceptors (Lipinski definition) is 4. The molecule has 0 atom stereocenters. The first-order chi connectivity index (χ1) is 9.62. The quantitative estimate of drug-likeness (QED) is 0.830. The normalized spacial score (nSPS) is 10.6. The molecule has 0 aliphatic carbocycles. The van der Waals surface area contributed by atoms with E-state index in [1.54, 1.807) is 24.3 Å². The molecule has 112 valence electrons. The molecule has 2 rings (SSSR count). The first-order valence-electron chi connectivity index (χ1n) is 5.25. The number of para-hydroxylation sites is 1. The van der Waals surface area contributed by atoms with Crippen molar-refractivity contribution in [1.82, 2.24) is 0 Å². The van der Waals surface area contributed by atoms with Crippen LogP contribution in [0.3, 0.4) is 0 Å². The fourth-order valence-corrected chi connectivity index (χ4v) is 1.23. The number of rotatable bonds is 1. The third-order valence-electron chi connectivity index (χ3n) is 2.12. The highest BCUT2D eigenvalue weighted by Crippen LogP contribution is 2.13. The molecule has 0 unspecified atom stereocenters. The Bertz CT molecular complexity index is 735. The van der Waals surface area contributed by atoms with Gasteiger partial charge in [-0.1, -0.05) is 12.1 Å². The van der Waals surface area contributed by atoms with Crippen molar-refractivity contribution >= 4 is 22.8 Å². The summed E-state index contributed by atoms with van der Waals surface area (Å²) in [6.45, 7) is 0. The van der Waals surface area contributed by atoms with Crippen LogP contribution in [0.25, 0.3) is 11.0 Å². The number of carbonyl (C=O) groups excluding carboxylic acids is 1. The lowest BCUT2D eigenvalue weighted by Gasteiger charge is -1.97. The molecule has 0 saturated carbocycles. The van der Waals surface area contributed by atoms with Gasteiger partial charge in [0.2, 0.25) is 0 Å². The maximum Gasteiger partial charge on any atom is 0.490 e. The van der Waals surface area contributed by atoms with E-state index in [0.717, 1.165) is 6.07 Å². The maximum atomic E-state index is 11.4. The van der Waals surface area contributed by atoms with E-state index >= 15 is 0 Å². The fourth-order valence-electron chi connectivity index (χ4n) is 1.23. The number of benzene rings is 1. The molecule has 0 aliphatic heterocycles. The summed E-state index contributed by atoms with van der Waals surface area (Å²) < 4.78 is 36.9. The summed E-state index contributed by atoms with van der Waals surface area (Å²) in [5, 5.41) is 7.57. The molecule has 0 radical (unpaired) electrons. The number of carboxylic acids is 1. The molecule has 1 aromatic carbocycles. The largest absolute Gasteiger partial charge is 0.490 e. The van der Waals surface area contributed by atoms with Crippen molar-refractivity contribution in [1.29, 1.82) is 0 Å². The van der Waals surface area contributed by atoms with Gasteiger partial charge in [0.25, 0.3) is 5.91 Å². The van der Waals surface area contributed by atoms with E-state index in [4.69, 9.17) is 20.1 Å². The average Bonchev–Trinajstić information content (AvgIpc) is 2.38. The molecule has 1 aromatic heterocycles. The summed E-state index contributed by atoms with van der Waals surface area (Å²) >= 11 is 0. The second-order valence-electron chi connectivity index (χ2n) is 3.64. The van der Waals surface area contributed by atoms with Crippen molar-refractivity contribution in [3.8, 4) is 0 Å². The number of fused-ring (bicyclic) bond motifs is 1. The monoisotopic (exact) mass is 303 g/mol. The zero-order valence-electron chi connectivity index (χ0n) is 10.2. The van der Waals surface area contributed by atoms with Crippen LogP contribution in [0.1, 0.15) is 10.6 Å². The molecular weight excluding hydrogens is 295 g/mol. The summed E-state index contributed by atoms with van der Waals surface area (Å²) in [6, 6.07) is 7.79.